The molecule has 0 aliphatic rings. The number of anilines is 2. The molecular formula is C13H14N4O5. The Morgan fingerprint density at radius 2 is 2.18 bits per heavy atom. The highest BCUT2D eigenvalue weighted by molar-refractivity contribution is 6.00. The van der Waals surface area contributed by atoms with Crippen molar-refractivity contribution >= 4 is 23.2 Å². The molecule has 116 valence electrons. The van der Waals surface area contributed by atoms with Gasteiger partial charge in [-0.15, -0.1) is 0 Å². The topological polar surface area (TPSA) is 120 Å². The molecule has 0 aliphatic carbocycles. The van der Waals surface area contributed by atoms with Gasteiger partial charge in [0.05, 0.1) is 17.6 Å². The van der Waals surface area contributed by atoms with E-state index < -0.39 is 11.0 Å². The molecule has 9 nitrogen and oxygen atoms in total. The largest absolute Gasteiger partial charge is 0.494 e. The maximum Gasteiger partial charge on any atom is 0.325 e. The minimum Gasteiger partial charge on any atom is -0.494 e. The van der Waals surface area contributed by atoms with Crippen molar-refractivity contribution in [1.29, 1.82) is 0 Å². The molecule has 2 amide bonds. The second-order valence-electron chi connectivity index (χ2n) is 4.27. The number of amides is 2. The van der Waals surface area contributed by atoms with Crippen LogP contribution in [0.4, 0.5) is 22.0 Å². The highest BCUT2D eigenvalue weighted by atomic mass is 16.6. The van der Waals surface area contributed by atoms with Gasteiger partial charge in [0.2, 0.25) is 0 Å². The van der Waals surface area contributed by atoms with Crippen LogP contribution >= 0.6 is 0 Å². The molecule has 2 rings (SSSR count). The molecule has 0 unspecified atom stereocenters. The van der Waals surface area contributed by atoms with Gasteiger partial charge in [0.25, 0.3) is 5.69 Å². The highest BCUT2D eigenvalue weighted by Crippen LogP contribution is 2.29. The van der Waals surface area contributed by atoms with E-state index in [1.165, 1.54) is 24.3 Å². The molecule has 0 bridgehead atoms. The van der Waals surface area contributed by atoms with Crippen LogP contribution in [0.15, 0.2) is 28.8 Å². The number of hydrogen-bond acceptors (Lipinski definition) is 6. The van der Waals surface area contributed by atoms with Crippen LogP contribution in [0.5, 0.6) is 5.75 Å². The summed E-state index contributed by atoms with van der Waals surface area (Å²) < 4.78 is 10.0. The standard InChI is InChI=1S/C13H14N4O5/c1-3-21-9-4-5-10(11(7-9)17(19)20)14-13(18)15-12-6-8(2)22-16-12/h4-7H,3H2,1-2H3,(H2,14,15,16,18). The Balaban J connectivity index is 2.14. The summed E-state index contributed by atoms with van der Waals surface area (Å²) in [4.78, 5) is 22.3. The van der Waals surface area contributed by atoms with E-state index in [0.717, 1.165) is 0 Å². The van der Waals surface area contributed by atoms with Gasteiger partial charge in [-0.05, 0) is 26.0 Å². The highest BCUT2D eigenvalue weighted by Gasteiger charge is 2.17. The first kappa shape index (κ1) is 15.3. The number of nitro benzene ring substituents is 1. The average molecular weight is 306 g/mol. The van der Waals surface area contributed by atoms with Crippen LogP contribution in [0.1, 0.15) is 12.7 Å². The van der Waals surface area contributed by atoms with Crippen molar-refractivity contribution in [2.24, 2.45) is 0 Å². The molecule has 1 heterocycles. The second-order valence-corrected chi connectivity index (χ2v) is 4.27. The molecule has 22 heavy (non-hydrogen) atoms. The Morgan fingerprint density at radius 1 is 1.41 bits per heavy atom. The van der Waals surface area contributed by atoms with Crippen molar-refractivity contribution < 1.29 is 19.0 Å². The quantitative estimate of drug-likeness (QED) is 0.647. The Morgan fingerprint density at radius 3 is 2.77 bits per heavy atom. The molecule has 0 atom stereocenters. The van der Waals surface area contributed by atoms with Crippen LogP contribution in [-0.4, -0.2) is 22.7 Å². The Hall–Kier alpha value is -3.10. The first-order chi connectivity index (χ1) is 10.5. The van der Waals surface area contributed by atoms with Crippen LogP contribution in [0.25, 0.3) is 0 Å². The minimum atomic E-state index is -0.666. The predicted molar refractivity (Wildman–Crippen MR) is 78.1 cm³/mol. The number of ether oxygens (including phenoxy) is 1. The number of aromatic nitrogens is 1. The van der Waals surface area contributed by atoms with Crippen molar-refractivity contribution in [2.75, 3.05) is 17.2 Å². The number of nitrogens with zero attached hydrogens (tertiary/aromatic N) is 2. The van der Waals surface area contributed by atoms with Gasteiger partial charge in [0, 0.05) is 6.07 Å². The third-order valence-electron chi connectivity index (χ3n) is 2.59. The summed E-state index contributed by atoms with van der Waals surface area (Å²) in [5, 5.41) is 19.5. The zero-order valence-corrected chi connectivity index (χ0v) is 12.0. The number of nitro groups is 1. The van der Waals surface area contributed by atoms with Gasteiger partial charge in [-0.2, -0.15) is 0 Å². The van der Waals surface area contributed by atoms with E-state index in [-0.39, 0.29) is 17.2 Å². The van der Waals surface area contributed by atoms with E-state index in [4.69, 9.17) is 9.26 Å². The lowest BCUT2D eigenvalue weighted by Crippen LogP contribution is -2.20. The Labute approximate surface area is 125 Å². The normalized spacial score (nSPS) is 10.1. The molecule has 0 radical (unpaired) electrons. The van der Waals surface area contributed by atoms with Gasteiger partial charge in [-0.1, -0.05) is 5.16 Å². The average Bonchev–Trinajstić information content (AvgIpc) is 2.85. The summed E-state index contributed by atoms with van der Waals surface area (Å²) in [5.74, 6) is 1.10. The molecule has 0 aliphatic heterocycles. The number of urea groups is 1. The number of hydrogen-bond donors (Lipinski definition) is 2. The van der Waals surface area contributed by atoms with Crippen molar-refractivity contribution in [3.63, 3.8) is 0 Å². The van der Waals surface area contributed by atoms with Gasteiger partial charge in [-0.25, -0.2) is 4.79 Å². The predicted octanol–water partition coefficient (Wildman–Crippen LogP) is 2.93. The Kier molecular flexibility index (Phi) is 4.57. The molecule has 0 saturated carbocycles. The molecule has 2 N–H and O–H groups in total. The molecule has 9 heteroatoms. The van der Waals surface area contributed by atoms with Gasteiger partial charge < -0.3 is 14.6 Å². The molecule has 0 saturated heterocycles. The molecule has 1 aromatic carbocycles. The number of aryl methyl sites for hydroxylation is 1. The summed E-state index contributed by atoms with van der Waals surface area (Å²) in [6.45, 7) is 3.83. The molecule has 1 aromatic heterocycles. The SMILES string of the molecule is CCOc1ccc(NC(=O)Nc2cc(C)on2)c([N+](=O)[O-])c1. The maximum atomic E-state index is 11.8. The fourth-order valence-corrected chi connectivity index (χ4v) is 1.72. The van der Waals surface area contributed by atoms with Crippen LogP contribution < -0.4 is 15.4 Å². The van der Waals surface area contributed by atoms with Gasteiger partial charge in [0.1, 0.15) is 17.2 Å². The monoisotopic (exact) mass is 306 g/mol. The van der Waals surface area contributed by atoms with Crippen molar-refractivity contribution in [2.45, 2.75) is 13.8 Å². The lowest BCUT2D eigenvalue weighted by Gasteiger charge is -2.08. The van der Waals surface area contributed by atoms with Gasteiger partial charge in [0.15, 0.2) is 5.82 Å². The Bertz CT molecular complexity index is 697. The van der Waals surface area contributed by atoms with Crippen molar-refractivity contribution in [3.8, 4) is 5.75 Å². The van der Waals surface area contributed by atoms with Crippen LogP contribution in [0.3, 0.4) is 0 Å². The summed E-state index contributed by atoms with van der Waals surface area (Å²) in [7, 11) is 0. The number of carbonyl (C=O) groups excluding carboxylic acids is 1. The first-order valence-corrected chi connectivity index (χ1v) is 6.42. The zero-order chi connectivity index (χ0) is 16.1. The van der Waals surface area contributed by atoms with E-state index in [2.05, 4.69) is 15.8 Å². The van der Waals surface area contributed by atoms with E-state index >= 15 is 0 Å². The summed E-state index contributed by atoms with van der Waals surface area (Å²) in [5.41, 5.74) is -0.219. The smallest absolute Gasteiger partial charge is 0.325 e. The summed E-state index contributed by atoms with van der Waals surface area (Å²) in [6, 6.07) is 5.04. The van der Waals surface area contributed by atoms with Crippen molar-refractivity contribution in [3.05, 3.63) is 40.1 Å². The molecular weight excluding hydrogens is 292 g/mol. The maximum absolute atomic E-state index is 11.8. The van der Waals surface area contributed by atoms with Crippen LogP contribution in [0, 0.1) is 17.0 Å². The van der Waals surface area contributed by atoms with Crippen LogP contribution in [-0.2, 0) is 0 Å². The number of benzene rings is 1. The number of nitrogens with one attached hydrogen (secondary N) is 2. The first-order valence-electron chi connectivity index (χ1n) is 6.42. The fourth-order valence-electron chi connectivity index (χ4n) is 1.72. The zero-order valence-electron chi connectivity index (χ0n) is 12.0. The van der Waals surface area contributed by atoms with E-state index in [1.807, 2.05) is 0 Å². The third-order valence-corrected chi connectivity index (χ3v) is 2.59. The van der Waals surface area contributed by atoms with E-state index in [9.17, 15) is 14.9 Å². The molecule has 0 spiro atoms. The lowest BCUT2D eigenvalue weighted by atomic mass is 10.2. The molecule has 2 aromatic rings. The molecule has 0 fully saturated rings. The third kappa shape index (κ3) is 3.72. The van der Waals surface area contributed by atoms with Crippen LogP contribution in [0.2, 0.25) is 0 Å². The van der Waals surface area contributed by atoms with Gasteiger partial charge in [-0.3, -0.25) is 15.4 Å². The number of rotatable bonds is 5. The summed E-state index contributed by atoms with van der Waals surface area (Å²) >= 11 is 0. The van der Waals surface area contributed by atoms with E-state index in [0.29, 0.717) is 18.1 Å². The summed E-state index contributed by atoms with van der Waals surface area (Å²) in [6.07, 6.45) is 0. The minimum absolute atomic E-state index is 0.0474. The van der Waals surface area contributed by atoms with Gasteiger partial charge >= 0.3 is 6.03 Å². The second kappa shape index (κ2) is 6.57. The lowest BCUT2D eigenvalue weighted by molar-refractivity contribution is -0.384. The fraction of sp³-hybridized carbons (Fsp3) is 0.231. The van der Waals surface area contributed by atoms with E-state index in [1.54, 1.807) is 13.8 Å². The number of carbonyl (C=O) groups is 1. The van der Waals surface area contributed by atoms with Crippen molar-refractivity contribution in [1.82, 2.24) is 5.16 Å².